The third-order valence-corrected chi connectivity index (χ3v) is 4.28. The SMILES string of the molecule is CC(C)c1ccc(O[Si])c(-c2ccccc2)c1-c1ccccc1. The summed E-state index contributed by atoms with van der Waals surface area (Å²) in [5.41, 5.74) is 6.05. The molecule has 0 N–H and O–H groups in total. The Labute approximate surface area is 141 Å². The van der Waals surface area contributed by atoms with Crippen LogP contribution in [0.4, 0.5) is 0 Å². The van der Waals surface area contributed by atoms with Crippen molar-refractivity contribution in [3.05, 3.63) is 78.4 Å². The van der Waals surface area contributed by atoms with Crippen LogP contribution in [-0.2, 0) is 0 Å². The van der Waals surface area contributed by atoms with E-state index < -0.39 is 0 Å². The van der Waals surface area contributed by atoms with Gasteiger partial charge in [0.1, 0.15) is 5.75 Å². The summed E-state index contributed by atoms with van der Waals surface area (Å²) in [5.74, 6) is 1.26. The van der Waals surface area contributed by atoms with Gasteiger partial charge in [-0.2, -0.15) is 0 Å². The third-order valence-electron chi connectivity index (χ3n) is 4.06. The Kier molecular flexibility index (Phi) is 4.63. The minimum absolute atomic E-state index is 0.427. The van der Waals surface area contributed by atoms with Crippen LogP contribution in [0.2, 0.25) is 0 Å². The van der Waals surface area contributed by atoms with Crippen molar-refractivity contribution >= 4 is 10.5 Å². The highest BCUT2D eigenvalue weighted by Gasteiger charge is 2.18. The van der Waals surface area contributed by atoms with E-state index >= 15 is 0 Å². The summed E-state index contributed by atoms with van der Waals surface area (Å²) in [6.45, 7) is 4.45. The molecule has 0 saturated carbocycles. The quantitative estimate of drug-likeness (QED) is 0.569. The van der Waals surface area contributed by atoms with Gasteiger partial charge in [0.15, 0.2) is 0 Å². The van der Waals surface area contributed by atoms with Crippen LogP contribution in [0.1, 0.15) is 25.3 Å². The van der Waals surface area contributed by atoms with Crippen molar-refractivity contribution in [2.75, 3.05) is 0 Å². The van der Waals surface area contributed by atoms with Crippen molar-refractivity contribution in [3.63, 3.8) is 0 Å². The van der Waals surface area contributed by atoms with Gasteiger partial charge in [0.05, 0.1) is 0 Å². The van der Waals surface area contributed by atoms with Crippen LogP contribution in [0.25, 0.3) is 22.3 Å². The molecular weight excluding hydrogens is 296 g/mol. The molecule has 0 aliphatic rings. The van der Waals surface area contributed by atoms with E-state index in [1.165, 1.54) is 16.7 Å². The van der Waals surface area contributed by atoms with Gasteiger partial charge in [0.2, 0.25) is 0 Å². The first kappa shape index (κ1) is 15.6. The summed E-state index contributed by atoms with van der Waals surface area (Å²) >= 11 is 0. The topological polar surface area (TPSA) is 9.23 Å². The van der Waals surface area contributed by atoms with Crippen LogP contribution in [-0.4, -0.2) is 10.5 Å². The predicted molar refractivity (Wildman–Crippen MR) is 97.8 cm³/mol. The van der Waals surface area contributed by atoms with Crippen LogP contribution in [0.3, 0.4) is 0 Å². The van der Waals surface area contributed by atoms with Crippen LogP contribution >= 0.6 is 0 Å². The summed E-state index contributed by atoms with van der Waals surface area (Å²) in [4.78, 5) is 0. The molecule has 2 heteroatoms. The van der Waals surface area contributed by atoms with E-state index in [1.807, 2.05) is 18.2 Å². The van der Waals surface area contributed by atoms with E-state index in [0.717, 1.165) is 16.9 Å². The molecule has 0 aliphatic heterocycles. The monoisotopic (exact) mass is 315 g/mol. The zero-order valence-corrected chi connectivity index (χ0v) is 14.4. The molecule has 0 fully saturated rings. The highest BCUT2D eigenvalue weighted by Crippen LogP contribution is 2.43. The number of hydrogen-bond acceptors (Lipinski definition) is 1. The van der Waals surface area contributed by atoms with Gasteiger partial charge in [0.25, 0.3) is 0 Å². The molecule has 23 heavy (non-hydrogen) atoms. The Hall–Kier alpha value is -2.32. The molecule has 0 atom stereocenters. The maximum absolute atomic E-state index is 5.50. The minimum atomic E-state index is 0.427. The fraction of sp³-hybridized carbons (Fsp3) is 0.143. The average molecular weight is 315 g/mol. The lowest BCUT2D eigenvalue weighted by Gasteiger charge is -2.21. The van der Waals surface area contributed by atoms with Gasteiger partial charge in [-0.25, -0.2) is 0 Å². The lowest BCUT2D eigenvalue weighted by molar-refractivity contribution is 0.618. The fourth-order valence-corrected chi connectivity index (χ4v) is 3.14. The van der Waals surface area contributed by atoms with Gasteiger partial charge in [-0.1, -0.05) is 80.6 Å². The van der Waals surface area contributed by atoms with Gasteiger partial charge in [0, 0.05) is 5.56 Å². The van der Waals surface area contributed by atoms with Crippen molar-refractivity contribution < 1.29 is 4.43 Å². The van der Waals surface area contributed by atoms with Gasteiger partial charge in [-0.05, 0) is 34.2 Å². The normalized spacial score (nSPS) is 10.8. The fourth-order valence-electron chi connectivity index (χ4n) is 2.97. The van der Waals surface area contributed by atoms with Crippen molar-refractivity contribution in [3.8, 4) is 28.0 Å². The lowest BCUT2D eigenvalue weighted by atomic mass is 9.86. The van der Waals surface area contributed by atoms with Crippen LogP contribution in [0.5, 0.6) is 5.75 Å². The largest absolute Gasteiger partial charge is 0.540 e. The molecule has 0 heterocycles. The first-order valence-electron chi connectivity index (χ1n) is 7.83. The second-order valence-electron chi connectivity index (χ2n) is 5.89. The minimum Gasteiger partial charge on any atom is -0.540 e. The first-order chi connectivity index (χ1) is 11.2. The second-order valence-corrected chi connectivity index (χ2v) is 6.10. The predicted octanol–water partition coefficient (Wildman–Crippen LogP) is 5.61. The molecule has 0 bridgehead atoms. The molecular formula is C21H19OSi. The van der Waals surface area contributed by atoms with Crippen LogP contribution < -0.4 is 4.43 Å². The van der Waals surface area contributed by atoms with Crippen molar-refractivity contribution in [1.29, 1.82) is 0 Å². The highest BCUT2D eigenvalue weighted by molar-refractivity contribution is 6.02. The van der Waals surface area contributed by atoms with Crippen molar-refractivity contribution in [1.82, 2.24) is 0 Å². The summed E-state index contributed by atoms with van der Waals surface area (Å²) in [6, 6.07) is 25.1. The third kappa shape index (κ3) is 3.08. The summed E-state index contributed by atoms with van der Waals surface area (Å²) in [6.07, 6.45) is 0. The first-order valence-corrected chi connectivity index (χ1v) is 8.24. The molecule has 3 rings (SSSR count). The van der Waals surface area contributed by atoms with E-state index in [2.05, 4.69) is 78.9 Å². The number of rotatable bonds is 4. The maximum Gasteiger partial charge on any atom is 0.341 e. The molecule has 0 aliphatic carbocycles. The van der Waals surface area contributed by atoms with Gasteiger partial charge < -0.3 is 4.43 Å². The Morgan fingerprint density at radius 3 is 1.70 bits per heavy atom. The van der Waals surface area contributed by atoms with E-state index in [-0.39, 0.29) is 0 Å². The van der Waals surface area contributed by atoms with Gasteiger partial charge >= 0.3 is 10.5 Å². The van der Waals surface area contributed by atoms with Crippen LogP contribution in [0.15, 0.2) is 72.8 Å². The Balaban J connectivity index is 2.37. The standard InChI is InChI=1S/C21H19OSi/c1-15(2)18-13-14-19(22-23)21(17-11-7-4-8-12-17)20(18)16-9-5-3-6-10-16/h3-15H,1-2H3. The van der Waals surface area contributed by atoms with Gasteiger partial charge in [-0.3, -0.25) is 0 Å². The van der Waals surface area contributed by atoms with E-state index in [9.17, 15) is 0 Å². The molecule has 0 unspecified atom stereocenters. The zero-order chi connectivity index (χ0) is 16.2. The Morgan fingerprint density at radius 2 is 1.22 bits per heavy atom. The maximum atomic E-state index is 5.50. The van der Waals surface area contributed by atoms with Crippen molar-refractivity contribution in [2.24, 2.45) is 0 Å². The molecule has 0 aromatic heterocycles. The Morgan fingerprint density at radius 1 is 0.696 bits per heavy atom. The Bertz CT molecular complexity index is 780. The van der Waals surface area contributed by atoms with E-state index in [0.29, 0.717) is 5.92 Å². The number of benzene rings is 3. The smallest absolute Gasteiger partial charge is 0.341 e. The molecule has 0 amide bonds. The molecule has 3 radical (unpaired) electrons. The van der Waals surface area contributed by atoms with Crippen LogP contribution in [0, 0.1) is 0 Å². The second kappa shape index (κ2) is 6.84. The average Bonchev–Trinajstić information content (AvgIpc) is 2.61. The molecule has 3 aromatic rings. The van der Waals surface area contributed by atoms with E-state index in [4.69, 9.17) is 4.43 Å². The molecule has 0 saturated heterocycles. The molecule has 0 spiro atoms. The highest BCUT2D eigenvalue weighted by atomic mass is 28.2. The van der Waals surface area contributed by atoms with Crippen molar-refractivity contribution in [2.45, 2.75) is 19.8 Å². The molecule has 3 aromatic carbocycles. The zero-order valence-electron chi connectivity index (χ0n) is 13.4. The van der Waals surface area contributed by atoms with Gasteiger partial charge in [-0.15, -0.1) is 0 Å². The number of hydrogen-bond donors (Lipinski definition) is 0. The van der Waals surface area contributed by atoms with E-state index in [1.54, 1.807) is 0 Å². The summed E-state index contributed by atoms with van der Waals surface area (Å²) in [5, 5.41) is 0. The lowest BCUT2D eigenvalue weighted by Crippen LogP contribution is -1.99. The summed E-state index contributed by atoms with van der Waals surface area (Å²) < 4.78 is 5.50. The molecule has 1 nitrogen and oxygen atoms in total. The summed E-state index contributed by atoms with van der Waals surface area (Å²) in [7, 11) is 3.23. The molecule has 113 valence electrons.